The molecule has 1 saturated heterocycles. The average Bonchev–Trinajstić information content (AvgIpc) is 2.69. The van der Waals surface area contributed by atoms with E-state index in [1.165, 1.54) is 0 Å². The summed E-state index contributed by atoms with van der Waals surface area (Å²) in [6.45, 7) is 4.23. The van der Waals surface area contributed by atoms with Gasteiger partial charge in [-0.2, -0.15) is 0 Å². The number of hydrogen-bond acceptors (Lipinski definition) is 6. The molecule has 3 rings (SSSR count). The fraction of sp³-hybridized carbons (Fsp3) is 0.389. The van der Waals surface area contributed by atoms with E-state index in [1.807, 2.05) is 29.2 Å². The number of hydrogen-bond donors (Lipinski definition) is 1. The zero-order valence-corrected chi connectivity index (χ0v) is 14.4. The SMILES string of the molecule is COCCNc1ccc(C(=O)N2CCN(c3ccccn3)CC2)nc1. The molecular weight excluding hydrogens is 318 g/mol. The van der Waals surface area contributed by atoms with Gasteiger partial charge in [0.15, 0.2) is 0 Å². The number of carbonyl (C=O) groups excluding carboxylic acids is 1. The van der Waals surface area contributed by atoms with Crippen LogP contribution in [0, 0.1) is 0 Å². The molecule has 1 amide bonds. The van der Waals surface area contributed by atoms with E-state index in [1.54, 1.807) is 25.6 Å². The van der Waals surface area contributed by atoms with Crippen LogP contribution in [0.1, 0.15) is 10.5 Å². The van der Waals surface area contributed by atoms with Crippen molar-refractivity contribution in [1.82, 2.24) is 14.9 Å². The van der Waals surface area contributed by atoms with Crippen molar-refractivity contribution in [2.24, 2.45) is 0 Å². The zero-order valence-electron chi connectivity index (χ0n) is 14.4. The smallest absolute Gasteiger partial charge is 0.272 e. The third-order valence-electron chi connectivity index (χ3n) is 4.16. The van der Waals surface area contributed by atoms with Crippen molar-refractivity contribution in [3.8, 4) is 0 Å². The van der Waals surface area contributed by atoms with Crippen LogP contribution in [0.3, 0.4) is 0 Å². The number of aromatic nitrogens is 2. The van der Waals surface area contributed by atoms with Crippen molar-refractivity contribution in [2.45, 2.75) is 0 Å². The molecule has 0 aliphatic carbocycles. The van der Waals surface area contributed by atoms with Gasteiger partial charge in [-0.05, 0) is 24.3 Å². The second-order valence-corrected chi connectivity index (χ2v) is 5.82. The highest BCUT2D eigenvalue weighted by Gasteiger charge is 2.23. The molecule has 2 aromatic heterocycles. The van der Waals surface area contributed by atoms with Gasteiger partial charge in [-0.3, -0.25) is 4.79 Å². The first-order valence-electron chi connectivity index (χ1n) is 8.42. The predicted octanol–water partition coefficient (Wildman–Crippen LogP) is 1.50. The highest BCUT2D eigenvalue weighted by Crippen LogP contribution is 2.14. The fourth-order valence-electron chi connectivity index (χ4n) is 2.76. The number of rotatable bonds is 6. The van der Waals surface area contributed by atoms with Gasteiger partial charge in [-0.25, -0.2) is 9.97 Å². The average molecular weight is 341 g/mol. The number of nitrogens with one attached hydrogen (secondary N) is 1. The van der Waals surface area contributed by atoms with Crippen molar-refractivity contribution in [2.75, 3.05) is 56.7 Å². The summed E-state index contributed by atoms with van der Waals surface area (Å²) in [7, 11) is 1.66. The largest absolute Gasteiger partial charge is 0.383 e. The van der Waals surface area contributed by atoms with E-state index in [4.69, 9.17) is 4.74 Å². The van der Waals surface area contributed by atoms with Gasteiger partial charge >= 0.3 is 0 Å². The Balaban J connectivity index is 1.53. The first kappa shape index (κ1) is 17.2. The number of anilines is 2. The first-order valence-corrected chi connectivity index (χ1v) is 8.42. The lowest BCUT2D eigenvalue weighted by Gasteiger charge is -2.35. The summed E-state index contributed by atoms with van der Waals surface area (Å²) < 4.78 is 4.99. The lowest BCUT2D eigenvalue weighted by molar-refractivity contribution is 0.0740. The Bertz CT molecular complexity index is 670. The number of amides is 1. The minimum Gasteiger partial charge on any atom is -0.383 e. The normalized spacial score (nSPS) is 14.4. The molecule has 1 N–H and O–H groups in total. The quantitative estimate of drug-likeness (QED) is 0.803. The first-order chi connectivity index (χ1) is 12.3. The number of carbonyl (C=O) groups is 1. The number of pyridine rings is 2. The summed E-state index contributed by atoms with van der Waals surface area (Å²) in [6.07, 6.45) is 3.48. The van der Waals surface area contributed by atoms with E-state index in [-0.39, 0.29) is 5.91 Å². The topological polar surface area (TPSA) is 70.6 Å². The summed E-state index contributed by atoms with van der Waals surface area (Å²) in [5, 5.41) is 3.19. The van der Waals surface area contributed by atoms with Crippen molar-refractivity contribution >= 4 is 17.4 Å². The highest BCUT2D eigenvalue weighted by atomic mass is 16.5. The molecule has 0 spiro atoms. The molecule has 2 aromatic rings. The van der Waals surface area contributed by atoms with Crippen LogP contribution in [0.5, 0.6) is 0 Å². The Kier molecular flexibility index (Phi) is 5.79. The molecule has 1 aliphatic rings. The summed E-state index contributed by atoms with van der Waals surface area (Å²) in [5.74, 6) is 0.934. The van der Waals surface area contributed by atoms with Gasteiger partial charge in [0.2, 0.25) is 0 Å². The van der Waals surface area contributed by atoms with Crippen LogP contribution < -0.4 is 10.2 Å². The summed E-state index contributed by atoms with van der Waals surface area (Å²) in [6, 6.07) is 9.52. The number of methoxy groups -OCH3 is 1. The summed E-state index contributed by atoms with van der Waals surface area (Å²) >= 11 is 0. The molecule has 132 valence electrons. The van der Waals surface area contributed by atoms with Crippen LogP contribution in [0.15, 0.2) is 42.7 Å². The highest BCUT2D eigenvalue weighted by molar-refractivity contribution is 5.92. The van der Waals surface area contributed by atoms with E-state index < -0.39 is 0 Å². The van der Waals surface area contributed by atoms with E-state index in [2.05, 4.69) is 20.2 Å². The standard InChI is InChI=1S/C18H23N5O2/c1-25-13-8-19-15-5-6-16(21-14-15)18(24)23-11-9-22(10-12-23)17-4-2-3-7-20-17/h2-7,14,19H,8-13H2,1H3. The van der Waals surface area contributed by atoms with E-state index >= 15 is 0 Å². The number of ether oxygens (including phenoxy) is 1. The molecule has 0 bridgehead atoms. The Hall–Kier alpha value is -2.67. The van der Waals surface area contributed by atoms with Crippen molar-refractivity contribution in [3.63, 3.8) is 0 Å². The van der Waals surface area contributed by atoms with Crippen molar-refractivity contribution < 1.29 is 9.53 Å². The molecule has 25 heavy (non-hydrogen) atoms. The molecule has 0 radical (unpaired) electrons. The second-order valence-electron chi connectivity index (χ2n) is 5.82. The Morgan fingerprint density at radius 3 is 2.64 bits per heavy atom. The summed E-state index contributed by atoms with van der Waals surface area (Å²) in [5.41, 5.74) is 1.36. The molecule has 7 heteroatoms. The Labute approximate surface area is 147 Å². The summed E-state index contributed by atoms with van der Waals surface area (Å²) in [4.78, 5) is 25.3. The third kappa shape index (κ3) is 4.45. The maximum Gasteiger partial charge on any atom is 0.272 e. The molecule has 0 aromatic carbocycles. The van der Waals surface area contributed by atoms with Crippen LogP contribution in [-0.4, -0.2) is 67.2 Å². The predicted molar refractivity (Wildman–Crippen MR) is 97.0 cm³/mol. The van der Waals surface area contributed by atoms with Gasteiger partial charge in [0, 0.05) is 46.0 Å². The Morgan fingerprint density at radius 1 is 1.16 bits per heavy atom. The third-order valence-corrected chi connectivity index (χ3v) is 4.16. The van der Waals surface area contributed by atoms with Crippen molar-refractivity contribution in [3.05, 3.63) is 48.4 Å². The molecule has 0 unspecified atom stereocenters. The molecule has 1 aliphatic heterocycles. The molecule has 0 atom stereocenters. The van der Waals surface area contributed by atoms with Gasteiger partial charge in [0.05, 0.1) is 18.5 Å². The lowest BCUT2D eigenvalue weighted by Crippen LogP contribution is -2.49. The number of piperazine rings is 1. The maximum atomic E-state index is 12.6. The van der Waals surface area contributed by atoms with Gasteiger partial charge in [0.1, 0.15) is 11.5 Å². The minimum atomic E-state index is -0.0240. The van der Waals surface area contributed by atoms with Gasteiger partial charge in [0.25, 0.3) is 5.91 Å². The van der Waals surface area contributed by atoms with Gasteiger partial charge in [-0.15, -0.1) is 0 Å². The van der Waals surface area contributed by atoms with Crippen LogP contribution in [0.2, 0.25) is 0 Å². The van der Waals surface area contributed by atoms with Crippen LogP contribution in [-0.2, 0) is 4.74 Å². The molecular formula is C18H23N5O2. The molecule has 0 saturated carbocycles. The monoisotopic (exact) mass is 341 g/mol. The number of nitrogens with zero attached hydrogens (tertiary/aromatic N) is 4. The lowest BCUT2D eigenvalue weighted by atomic mass is 10.2. The van der Waals surface area contributed by atoms with E-state index in [0.29, 0.717) is 31.9 Å². The van der Waals surface area contributed by atoms with Gasteiger partial charge in [-0.1, -0.05) is 6.07 Å². The van der Waals surface area contributed by atoms with E-state index in [9.17, 15) is 4.79 Å². The fourth-order valence-corrected chi connectivity index (χ4v) is 2.76. The zero-order chi connectivity index (χ0) is 17.5. The molecule has 1 fully saturated rings. The van der Waals surface area contributed by atoms with Crippen LogP contribution in [0.25, 0.3) is 0 Å². The minimum absolute atomic E-state index is 0.0240. The Morgan fingerprint density at radius 2 is 2.00 bits per heavy atom. The molecule has 7 nitrogen and oxygen atoms in total. The van der Waals surface area contributed by atoms with Crippen LogP contribution >= 0.6 is 0 Å². The molecule has 3 heterocycles. The van der Waals surface area contributed by atoms with Crippen LogP contribution in [0.4, 0.5) is 11.5 Å². The van der Waals surface area contributed by atoms with E-state index in [0.717, 1.165) is 24.6 Å². The van der Waals surface area contributed by atoms with Crippen molar-refractivity contribution in [1.29, 1.82) is 0 Å². The van der Waals surface area contributed by atoms with Gasteiger partial charge < -0.3 is 19.9 Å². The maximum absolute atomic E-state index is 12.6. The second kappa shape index (κ2) is 8.43.